The first-order chi connectivity index (χ1) is 10.1. The summed E-state index contributed by atoms with van der Waals surface area (Å²) >= 11 is 0. The van der Waals surface area contributed by atoms with Gasteiger partial charge in [-0.25, -0.2) is 4.79 Å². The Morgan fingerprint density at radius 1 is 1.48 bits per heavy atom. The molecule has 0 saturated carbocycles. The first kappa shape index (κ1) is 15.3. The normalized spacial score (nSPS) is 18.5. The molecule has 1 unspecified atom stereocenters. The molecule has 1 aromatic heterocycles. The van der Waals surface area contributed by atoms with Gasteiger partial charge in [0.1, 0.15) is 0 Å². The number of carbonyl (C=O) groups is 2. The van der Waals surface area contributed by atoms with E-state index in [1.807, 2.05) is 13.1 Å². The summed E-state index contributed by atoms with van der Waals surface area (Å²) in [5, 5.41) is 15.9. The smallest absolute Gasteiger partial charge is 0.317 e. The van der Waals surface area contributed by atoms with Gasteiger partial charge in [0.05, 0.1) is 6.42 Å². The average molecular weight is 294 g/mol. The molecule has 7 heteroatoms. The molecule has 21 heavy (non-hydrogen) atoms. The van der Waals surface area contributed by atoms with Crippen LogP contribution in [0.1, 0.15) is 31.4 Å². The quantitative estimate of drug-likeness (QED) is 0.848. The van der Waals surface area contributed by atoms with Crippen molar-refractivity contribution in [3.8, 4) is 0 Å². The number of carboxylic acids is 1. The molecule has 2 heterocycles. The molecule has 0 spiro atoms. The van der Waals surface area contributed by atoms with Gasteiger partial charge in [0.25, 0.3) is 0 Å². The van der Waals surface area contributed by atoms with Crippen molar-refractivity contribution >= 4 is 12.0 Å². The maximum atomic E-state index is 12.2. The SMILES string of the molecule is Cn1nccc1CCNC(=O)N1CCCCC1CC(=O)O. The molecule has 0 bridgehead atoms. The number of carbonyl (C=O) groups excluding carboxylic acids is 1. The molecule has 1 aromatic rings. The van der Waals surface area contributed by atoms with Crippen LogP contribution >= 0.6 is 0 Å². The highest BCUT2D eigenvalue weighted by Gasteiger charge is 2.28. The molecule has 116 valence electrons. The summed E-state index contributed by atoms with van der Waals surface area (Å²) in [6, 6.07) is 1.57. The molecule has 0 radical (unpaired) electrons. The summed E-state index contributed by atoms with van der Waals surface area (Å²) in [5.74, 6) is -0.852. The number of amides is 2. The second-order valence-corrected chi connectivity index (χ2v) is 5.37. The summed E-state index contributed by atoms with van der Waals surface area (Å²) in [5.41, 5.74) is 1.05. The number of aliphatic carboxylic acids is 1. The Morgan fingerprint density at radius 2 is 2.29 bits per heavy atom. The Morgan fingerprint density at radius 3 is 2.95 bits per heavy atom. The Kier molecular flexibility index (Phi) is 5.19. The van der Waals surface area contributed by atoms with Crippen LogP contribution in [0.4, 0.5) is 4.79 Å². The zero-order valence-corrected chi connectivity index (χ0v) is 12.3. The molecule has 0 aliphatic carbocycles. The van der Waals surface area contributed by atoms with Gasteiger partial charge in [-0.2, -0.15) is 5.10 Å². The van der Waals surface area contributed by atoms with Gasteiger partial charge >= 0.3 is 12.0 Å². The topological polar surface area (TPSA) is 87.5 Å². The molecule has 1 fully saturated rings. The Bertz CT molecular complexity index is 500. The minimum atomic E-state index is -0.852. The standard InChI is InChI=1S/C14H22N4O3/c1-17-11(6-8-16-17)5-7-15-14(21)18-9-3-2-4-12(18)10-13(19)20/h6,8,12H,2-5,7,9-10H2,1H3,(H,15,21)(H,19,20). The molecule has 1 aliphatic heterocycles. The fourth-order valence-electron chi connectivity index (χ4n) is 2.73. The van der Waals surface area contributed by atoms with Crippen LogP contribution in [-0.4, -0.2) is 50.9 Å². The third-order valence-electron chi connectivity index (χ3n) is 3.88. The molecule has 7 nitrogen and oxygen atoms in total. The number of carboxylic acid groups (broad SMARTS) is 1. The van der Waals surface area contributed by atoms with Gasteiger partial charge in [-0.05, 0) is 25.3 Å². The number of hydrogen-bond acceptors (Lipinski definition) is 3. The summed E-state index contributed by atoms with van der Waals surface area (Å²) in [6.45, 7) is 1.16. The molecule has 1 atom stereocenters. The largest absolute Gasteiger partial charge is 0.481 e. The van der Waals surface area contributed by atoms with Crippen molar-refractivity contribution in [1.82, 2.24) is 20.0 Å². The van der Waals surface area contributed by atoms with E-state index in [1.165, 1.54) is 0 Å². The van der Waals surface area contributed by atoms with E-state index in [2.05, 4.69) is 10.4 Å². The second kappa shape index (κ2) is 7.10. The third-order valence-corrected chi connectivity index (χ3v) is 3.88. The minimum absolute atomic E-state index is 0.0230. The van der Waals surface area contributed by atoms with E-state index in [9.17, 15) is 9.59 Å². The fourth-order valence-corrected chi connectivity index (χ4v) is 2.73. The molecule has 2 rings (SSSR count). The molecule has 0 aromatic carbocycles. The number of nitrogens with one attached hydrogen (secondary N) is 1. The van der Waals surface area contributed by atoms with Crippen LogP contribution in [0.3, 0.4) is 0 Å². The van der Waals surface area contributed by atoms with E-state index < -0.39 is 5.97 Å². The summed E-state index contributed by atoms with van der Waals surface area (Å²) < 4.78 is 1.78. The lowest BCUT2D eigenvalue weighted by Gasteiger charge is -2.34. The van der Waals surface area contributed by atoms with E-state index >= 15 is 0 Å². The number of aromatic nitrogens is 2. The number of aryl methyl sites for hydroxylation is 1. The van der Waals surface area contributed by atoms with Gasteiger partial charge in [-0.3, -0.25) is 9.48 Å². The second-order valence-electron chi connectivity index (χ2n) is 5.37. The lowest BCUT2D eigenvalue weighted by Crippen LogP contribution is -2.49. The van der Waals surface area contributed by atoms with Crippen molar-refractivity contribution in [3.63, 3.8) is 0 Å². The molecule has 1 aliphatic rings. The highest BCUT2D eigenvalue weighted by atomic mass is 16.4. The number of piperidine rings is 1. The third kappa shape index (κ3) is 4.21. The van der Waals surface area contributed by atoms with Crippen LogP contribution < -0.4 is 5.32 Å². The molecule has 1 saturated heterocycles. The maximum absolute atomic E-state index is 12.2. The van der Waals surface area contributed by atoms with E-state index in [0.717, 1.165) is 25.0 Å². The maximum Gasteiger partial charge on any atom is 0.317 e. The number of likely N-dealkylation sites (tertiary alicyclic amines) is 1. The van der Waals surface area contributed by atoms with E-state index in [1.54, 1.807) is 15.8 Å². The van der Waals surface area contributed by atoms with Crippen molar-refractivity contribution in [1.29, 1.82) is 0 Å². The van der Waals surface area contributed by atoms with Crippen LogP contribution in [0, 0.1) is 0 Å². The first-order valence-electron chi connectivity index (χ1n) is 7.31. The zero-order valence-electron chi connectivity index (χ0n) is 12.3. The Hall–Kier alpha value is -2.05. The van der Waals surface area contributed by atoms with Gasteiger partial charge in [-0.15, -0.1) is 0 Å². The van der Waals surface area contributed by atoms with Crippen molar-refractivity contribution in [2.45, 2.75) is 38.1 Å². The van der Waals surface area contributed by atoms with Crippen LogP contribution in [0.25, 0.3) is 0 Å². The number of nitrogens with zero attached hydrogens (tertiary/aromatic N) is 3. The van der Waals surface area contributed by atoms with Gasteiger partial charge in [0.15, 0.2) is 0 Å². The molecule has 2 amide bonds. The number of urea groups is 1. The van der Waals surface area contributed by atoms with Gasteiger partial charge in [0, 0.05) is 44.5 Å². The van der Waals surface area contributed by atoms with Gasteiger partial charge in [-0.1, -0.05) is 0 Å². The van der Waals surface area contributed by atoms with Crippen LogP contribution in [0.15, 0.2) is 12.3 Å². The lowest BCUT2D eigenvalue weighted by molar-refractivity contribution is -0.138. The number of rotatable bonds is 5. The van der Waals surface area contributed by atoms with Crippen molar-refractivity contribution < 1.29 is 14.7 Å². The highest BCUT2D eigenvalue weighted by Crippen LogP contribution is 2.19. The summed E-state index contributed by atoms with van der Waals surface area (Å²) in [4.78, 5) is 24.7. The van der Waals surface area contributed by atoms with Crippen LogP contribution in [-0.2, 0) is 18.3 Å². The summed E-state index contributed by atoms with van der Waals surface area (Å²) in [6.07, 6.45) is 5.14. The molecular formula is C14H22N4O3. The van der Waals surface area contributed by atoms with E-state index in [0.29, 0.717) is 19.5 Å². The van der Waals surface area contributed by atoms with Crippen molar-refractivity contribution in [2.75, 3.05) is 13.1 Å². The van der Waals surface area contributed by atoms with Gasteiger partial charge in [0.2, 0.25) is 0 Å². The Labute approximate surface area is 123 Å². The van der Waals surface area contributed by atoms with Crippen molar-refractivity contribution in [3.05, 3.63) is 18.0 Å². The summed E-state index contributed by atoms with van der Waals surface area (Å²) in [7, 11) is 1.87. The molecule has 2 N–H and O–H groups in total. The van der Waals surface area contributed by atoms with Crippen molar-refractivity contribution in [2.24, 2.45) is 7.05 Å². The van der Waals surface area contributed by atoms with Crippen LogP contribution in [0.5, 0.6) is 0 Å². The van der Waals surface area contributed by atoms with Crippen LogP contribution in [0.2, 0.25) is 0 Å². The Balaban J connectivity index is 1.83. The predicted molar refractivity (Wildman–Crippen MR) is 76.9 cm³/mol. The average Bonchev–Trinajstić information content (AvgIpc) is 2.84. The number of hydrogen-bond donors (Lipinski definition) is 2. The highest BCUT2D eigenvalue weighted by molar-refractivity contribution is 5.76. The first-order valence-corrected chi connectivity index (χ1v) is 7.31. The lowest BCUT2D eigenvalue weighted by atomic mass is 10.00. The fraction of sp³-hybridized carbons (Fsp3) is 0.643. The zero-order chi connectivity index (χ0) is 15.2. The van der Waals surface area contributed by atoms with E-state index in [-0.39, 0.29) is 18.5 Å². The minimum Gasteiger partial charge on any atom is -0.481 e. The monoisotopic (exact) mass is 294 g/mol. The predicted octanol–water partition coefficient (Wildman–Crippen LogP) is 1.00. The van der Waals surface area contributed by atoms with E-state index in [4.69, 9.17) is 5.11 Å². The molecular weight excluding hydrogens is 272 g/mol. The van der Waals surface area contributed by atoms with Gasteiger partial charge < -0.3 is 15.3 Å².